The van der Waals surface area contributed by atoms with Crippen molar-refractivity contribution in [2.24, 2.45) is 0 Å². The third-order valence-electron chi connectivity index (χ3n) is 3.65. The average Bonchev–Trinajstić information content (AvgIpc) is 2.63. The van der Waals surface area contributed by atoms with Gasteiger partial charge in [-0.15, -0.1) is 0 Å². The Kier molecular flexibility index (Phi) is 6.54. The van der Waals surface area contributed by atoms with E-state index in [1.54, 1.807) is 12.1 Å². The van der Waals surface area contributed by atoms with Crippen molar-refractivity contribution in [2.45, 2.75) is 19.8 Å². The first-order valence-corrected chi connectivity index (χ1v) is 8.11. The fraction of sp³-hybridized carbons (Fsp3) is 0.263. The first kappa shape index (κ1) is 19.2. The summed E-state index contributed by atoms with van der Waals surface area (Å²) in [4.78, 5) is 23.2. The summed E-state index contributed by atoms with van der Waals surface area (Å²) in [6, 6.07) is 7.93. The van der Waals surface area contributed by atoms with Gasteiger partial charge in [0.25, 0.3) is 5.91 Å². The number of rotatable bonds is 8. The maximum absolute atomic E-state index is 13.9. The summed E-state index contributed by atoms with van der Waals surface area (Å²) in [6.45, 7) is 2.59. The number of benzene rings is 2. The molecule has 1 amide bonds. The van der Waals surface area contributed by atoms with Crippen molar-refractivity contribution in [2.75, 3.05) is 19.0 Å². The van der Waals surface area contributed by atoms with Crippen LogP contribution in [0.25, 0.3) is 0 Å². The summed E-state index contributed by atoms with van der Waals surface area (Å²) < 4.78 is 24.8. The van der Waals surface area contributed by atoms with Crippen molar-refractivity contribution >= 4 is 17.6 Å². The second-order valence-electron chi connectivity index (χ2n) is 5.52. The Hall–Kier alpha value is -3.09. The number of nitrogens with one attached hydrogen (secondary N) is 1. The zero-order valence-electron chi connectivity index (χ0n) is 14.5. The molecule has 7 heteroatoms. The van der Waals surface area contributed by atoms with Gasteiger partial charge in [-0.3, -0.25) is 4.79 Å². The van der Waals surface area contributed by atoms with E-state index >= 15 is 0 Å². The number of methoxy groups -OCH3 is 1. The molecule has 138 valence electrons. The van der Waals surface area contributed by atoms with Gasteiger partial charge in [0.1, 0.15) is 5.82 Å². The van der Waals surface area contributed by atoms with Crippen LogP contribution in [0.15, 0.2) is 36.4 Å². The van der Waals surface area contributed by atoms with Crippen molar-refractivity contribution in [3.63, 3.8) is 0 Å². The number of unbranched alkanes of at least 4 members (excludes halogenated alkanes) is 1. The average molecular weight is 361 g/mol. The van der Waals surface area contributed by atoms with Gasteiger partial charge in [-0.05, 0) is 42.8 Å². The predicted molar refractivity (Wildman–Crippen MR) is 94.7 cm³/mol. The van der Waals surface area contributed by atoms with Crippen LogP contribution in [0, 0.1) is 5.82 Å². The Morgan fingerprint density at radius 2 is 1.85 bits per heavy atom. The van der Waals surface area contributed by atoms with Crippen LogP contribution in [0.1, 0.15) is 40.5 Å². The number of hydrogen-bond donors (Lipinski definition) is 2. The van der Waals surface area contributed by atoms with Gasteiger partial charge < -0.3 is 19.9 Å². The van der Waals surface area contributed by atoms with E-state index in [1.165, 1.54) is 25.3 Å². The van der Waals surface area contributed by atoms with E-state index in [9.17, 15) is 14.0 Å². The smallest absolute Gasteiger partial charge is 0.335 e. The monoisotopic (exact) mass is 361 g/mol. The molecule has 0 saturated heterocycles. The number of carbonyl (C=O) groups excluding carboxylic acids is 1. The summed E-state index contributed by atoms with van der Waals surface area (Å²) in [5.41, 5.74) is -0.0515. The molecule has 0 fully saturated rings. The number of carbonyl (C=O) groups is 2. The van der Waals surface area contributed by atoms with E-state index in [4.69, 9.17) is 14.6 Å². The molecule has 2 N–H and O–H groups in total. The maximum Gasteiger partial charge on any atom is 0.335 e. The van der Waals surface area contributed by atoms with Crippen molar-refractivity contribution in [1.82, 2.24) is 0 Å². The van der Waals surface area contributed by atoms with Crippen molar-refractivity contribution < 1.29 is 28.6 Å². The molecule has 0 aliphatic carbocycles. The summed E-state index contributed by atoms with van der Waals surface area (Å²) in [6.07, 6.45) is 1.89. The highest BCUT2D eigenvalue weighted by atomic mass is 19.1. The van der Waals surface area contributed by atoms with Crippen LogP contribution in [0.2, 0.25) is 0 Å². The summed E-state index contributed by atoms with van der Waals surface area (Å²) in [5.74, 6) is -1.70. The highest BCUT2D eigenvalue weighted by molar-refractivity contribution is 6.05. The van der Waals surface area contributed by atoms with Crippen LogP contribution in [0.4, 0.5) is 10.1 Å². The number of hydrogen-bond acceptors (Lipinski definition) is 4. The highest BCUT2D eigenvalue weighted by Gasteiger charge is 2.14. The maximum atomic E-state index is 13.9. The highest BCUT2D eigenvalue weighted by Crippen LogP contribution is 2.29. The molecule has 0 bridgehead atoms. The number of ether oxygens (including phenoxy) is 2. The summed E-state index contributed by atoms with van der Waals surface area (Å²) in [5, 5.41) is 11.3. The lowest BCUT2D eigenvalue weighted by Gasteiger charge is -2.12. The lowest BCUT2D eigenvalue weighted by atomic mass is 10.1. The molecule has 0 saturated carbocycles. The number of halogens is 1. The largest absolute Gasteiger partial charge is 0.493 e. The van der Waals surface area contributed by atoms with Gasteiger partial charge in [0, 0.05) is 5.56 Å². The van der Waals surface area contributed by atoms with Crippen LogP contribution < -0.4 is 14.8 Å². The minimum atomic E-state index is -1.25. The number of anilines is 1. The van der Waals surface area contributed by atoms with Crippen LogP contribution in [0.5, 0.6) is 11.5 Å². The molecule has 0 unspecified atom stereocenters. The van der Waals surface area contributed by atoms with E-state index < -0.39 is 17.7 Å². The SMILES string of the molecule is CCCCOc1ccc(C(=O)Nc2ccc(C(=O)O)cc2F)cc1OC. The first-order valence-electron chi connectivity index (χ1n) is 8.11. The molecule has 2 aromatic rings. The van der Waals surface area contributed by atoms with Crippen molar-refractivity contribution in [1.29, 1.82) is 0 Å². The van der Waals surface area contributed by atoms with E-state index in [0.717, 1.165) is 18.9 Å². The molecule has 0 atom stereocenters. The predicted octanol–water partition coefficient (Wildman–Crippen LogP) is 3.96. The fourth-order valence-electron chi connectivity index (χ4n) is 2.20. The summed E-state index contributed by atoms with van der Waals surface area (Å²) in [7, 11) is 1.47. The number of carboxylic acids is 1. The van der Waals surface area contributed by atoms with Gasteiger partial charge in [0.2, 0.25) is 0 Å². The van der Waals surface area contributed by atoms with Gasteiger partial charge in [0.15, 0.2) is 11.5 Å². The standard InChI is InChI=1S/C19H20FNO5/c1-3-4-9-26-16-8-6-12(11-17(16)25-2)18(22)21-15-7-5-13(19(23)24)10-14(15)20/h5-8,10-11H,3-4,9H2,1-2H3,(H,21,22)(H,23,24). The van der Waals surface area contributed by atoms with Gasteiger partial charge in [-0.1, -0.05) is 13.3 Å². The number of aromatic carboxylic acids is 1. The van der Waals surface area contributed by atoms with Gasteiger partial charge in [-0.2, -0.15) is 0 Å². The molecule has 0 aliphatic heterocycles. The Bertz CT molecular complexity index is 807. The number of amides is 1. The lowest BCUT2D eigenvalue weighted by molar-refractivity contribution is 0.0696. The number of carboxylic acid groups (broad SMARTS) is 1. The van der Waals surface area contributed by atoms with Gasteiger partial charge in [-0.25, -0.2) is 9.18 Å². The van der Waals surface area contributed by atoms with E-state index in [0.29, 0.717) is 18.1 Å². The summed E-state index contributed by atoms with van der Waals surface area (Å²) >= 11 is 0. The van der Waals surface area contributed by atoms with Crippen LogP contribution in [-0.4, -0.2) is 30.7 Å². The Morgan fingerprint density at radius 1 is 1.12 bits per heavy atom. The van der Waals surface area contributed by atoms with Crippen LogP contribution in [-0.2, 0) is 0 Å². The second-order valence-corrected chi connectivity index (χ2v) is 5.52. The lowest BCUT2D eigenvalue weighted by Crippen LogP contribution is -2.14. The minimum Gasteiger partial charge on any atom is -0.493 e. The van der Waals surface area contributed by atoms with Crippen molar-refractivity contribution in [3.05, 3.63) is 53.3 Å². The topological polar surface area (TPSA) is 84.9 Å². The quantitative estimate of drug-likeness (QED) is 0.695. The zero-order chi connectivity index (χ0) is 19.1. The molecule has 0 radical (unpaired) electrons. The third-order valence-corrected chi connectivity index (χ3v) is 3.65. The Morgan fingerprint density at radius 3 is 2.46 bits per heavy atom. The normalized spacial score (nSPS) is 10.3. The van der Waals surface area contributed by atoms with E-state index in [-0.39, 0.29) is 16.8 Å². The zero-order valence-corrected chi connectivity index (χ0v) is 14.5. The van der Waals surface area contributed by atoms with Crippen molar-refractivity contribution in [3.8, 4) is 11.5 Å². The van der Waals surface area contributed by atoms with E-state index in [2.05, 4.69) is 12.2 Å². The van der Waals surface area contributed by atoms with Gasteiger partial charge >= 0.3 is 5.97 Å². The molecular weight excluding hydrogens is 341 g/mol. The third kappa shape index (κ3) is 4.72. The molecule has 0 spiro atoms. The molecule has 6 nitrogen and oxygen atoms in total. The molecule has 2 rings (SSSR count). The minimum absolute atomic E-state index is 0.109. The van der Waals surface area contributed by atoms with E-state index in [1.807, 2.05) is 0 Å². The second kappa shape index (κ2) is 8.84. The Balaban J connectivity index is 2.15. The molecule has 26 heavy (non-hydrogen) atoms. The molecule has 0 heterocycles. The Labute approximate surface area is 150 Å². The van der Waals surface area contributed by atoms with Crippen LogP contribution >= 0.6 is 0 Å². The fourth-order valence-corrected chi connectivity index (χ4v) is 2.20. The molecular formula is C19H20FNO5. The molecule has 2 aromatic carbocycles. The van der Waals surface area contributed by atoms with Crippen LogP contribution in [0.3, 0.4) is 0 Å². The van der Waals surface area contributed by atoms with Gasteiger partial charge in [0.05, 0.1) is 25.0 Å². The molecule has 0 aliphatic rings. The molecule has 0 aromatic heterocycles. The first-order chi connectivity index (χ1) is 12.5.